The molecule has 17 heavy (non-hydrogen) atoms. The van der Waals surface area contributed by atoms with E-state index in [1.165, 1.54) is 0 Å². The molecule has 4 nitrogen and oxygen atoms in total. The molecule has 0 saturated heterocycles. The highest BCUT2D eigenvalue weighted by molar-refractivity contribution is 5.93. The number of urea groups is 1. The van der Waals surface area contributed by atoms with Gasteiger partial charge < -0.3 is 9.64 Å². The SMILES string of the molecule is CCN(CC)C(=O)N(C)c1ccccc1OC. The number of ether oxygens (including phenoxy) is 1. The highest BCUT2D eigenvalue weighted by Gasteiger charge is 2.18. The summed E-state index contributed by atoms with van der Waals surface area (Å²) in [6.07, 6.45) is 0. The molecular formula is C13H20N2O2. The Morgan fingerprint density at radius 2 is 1.82 bits per heavy atom. The van der Waals surface area contributed by atoms with E-state index in [1.54, 1.807) is 24.0 Å². The van der Waals surface area contributed by atoms with E-state index in [9.17, 15) is 4.79 Å². The van der Waals surface area contributed by atoms with Gasteiger partial charge in [0.15, 0.2) is 0 Å². The number of methoxy groups -OCH3 is 1. The fraction of sp³-hybridized carbons (Fsp3) is 0.462. The van der Waals surface area contributed by atoms with Crippen molar-refractivity contribution in [2.75, 3.05) is 32.1 Å². The predicted octanol–water partition coefficient (Wildman–Crippen LogP) is 2.59. The van der Waals surface area contributed by atoms with Gasteiger partial charge in [0.05, 0.1) is 12.8 Å². The van der Waals surface area contributed by atoms with E-state index in [0.29, 0.717) is 18.8 Å². The Bertz CT molecular complexity index is 375. The standard InChI is InChI=1S/C13H20N2O2/c1-5-15(6-2)13(16)14(3)11-9-7-8-10-12(11)17-4/h7-10H,5-6H2,1-4H3. The molecule has 0 fully saturated rings. The second-order valence-corrected chi connectivity index (χ2v) is 3.69. The van der Waals surface area contributed by atoms with Crippen LogP contribution in [0.4, 0.5) is 10.5 Å². The maximum Gasteiger partial charge on any atom is 0.324 e. The first-order chi connectivity index (χ1) is 8.15. The van der Waals surface area contributed by atoms with Crippen LogP contribution in [0.25, 0.3) is 0 Å². The van der Waals surface area contributed by atoms with E-state index >= 15 is 0 Å². The van der Waals surface area contributed by atoms with Crippen LogP contribution >= 0.6 is 0 Å². The lowest BCUT2D eigenvalue weighted by Gasteiger charge is -2.27. The van der Waals surface area contributed by atoms with Gasteiger partial charge in [-0.2, -0.15) is 0 Å². The Morgan fingerprint density at radius 1 is 1.24 bits per heavy atom. The summed E-state index contributed by atoms with van der Waals surface area (Å²) in [5.41, 5.74) is 0.784. The van der Waals surface area contributed by atoms with Gasteiger partial charge in [-0.3, -0.25) is 4.90 Å². The lowest BCUT2D eigenvalue weighted by molar-refractivity contribution is 0.211. The number of hydrogen-bond acceptors (Lipinski definition) is 2. The van der Waals surface area contributed by atoms with E-state index < -0.39 is 0 Å². The number of amides is 2. The normalized spacial score (nSPS) is 9.88. The van der Waals surface area contributed by atoms with Gasteiger partial charge in [-0.15, -0.1) is 0 Å². The third-order valence-corrected chi connectivity index (χ3v) is 2.77. The van der Waals surface area contributed by atoms with Crippen LogP contribution in [0.1, 0.15) is 13.8 Å². The number of benzene rings is 1. The van der Waals surface area contributed by atoms with E-state index in [1.807, 2.05) is 38.1 Å². The van der Waals surface area contributed by atoms with Crippen molar-refractivity contribution in [3.05, 3.63) is 24.3 Å². The average molecular weight is 236 g/mol. The summed E-state index contributed by atoms with van der Waals surface area (Å²) in [5.74, 6) is 0.704. The minimum absolute atomic E-state index is 0.0144. The maximum absolute atomic E-state index is 12.2. The summed E-state index contributed by atoms with van der Waals surface area (Å²) < 4.78 is 5.25. The molecule has 0 radical (unpaired) electrons. The fourth-order valence-electron chi connectivity index (χ4n) is 1.72. The van der Waals surface area contributed by atoms with Gasteiger partial charge in [0.1, 0.15) is 5.75 Å². The van der Waals surface area contributed by atoms with E-state index in [4.69, 9.17) is 4.74 Å². The molecule has 0 unspecified atom stereocenters. The summed E-state index contributed by atoms with van der Waals surface area (Å²) in [4.78, 5) is 15.6. The van der Waals surface area contributed by atoms with Crippen LogP contribution in [-0.4, -0.2) is 38.2 Å². The molecule has 0 aliphatic rings. The Hall–Kier alpha value is -1.71. The smallest absolute Gasteiger partial charge is 0.324 e. The number of anilines is 1. The molecule has 0 saturated carbocycles. The van der Waals surface area contributed by atoms with Crippen molar-refractivity contribution in [1.29, 1.82) is 0 Å². The van der Waals surface area contributed by atoms with Crippen molar-refractivity contribution in [3.8, 4) is 5.75 Å². The summed E-state index contributed by atoms with van der Waals surface area (Å²) in [6.45, 7) is 5.35. The van der Waals surface area contributed by atoms with E-state index in [-0.39, 0.29) is 6.03 Å². The first-order valence-electron chi connectivity index (χ1n) is 5.81. The van der Waals surface area contributed by atoms with Gasteiger partial charge >= 0.3 is 6.03 Å². The maximum atomic E-state index is 12.2. The molecule has 94 valence electrons. The molecule has 0 N–H and O–H groups in total. The molecule has 1 rings (SSSR count). The summed E-state index contributed by atoms with van der Waals surface area (Å²) >= 11 is 0. The highest BCUT2D eigenvalue weighted by Crippen LogP contribution is 2.27. The zero-order valence-electron chi connectivity index (χ0n) is 10.9. The zero-order valence-corrected chi connectivity index (χ0v) is 10.9. The van der Waals surface area contributed by atoms with Gasteiger partial charge in [-0.05, 0) is 26.0 Å². The van der Waals surface area contributed by atoms with Gasteiger partial charge in [0.2, 0.25) is 0 Å². The summed E-state index contributed by atoms with van der Waals surface area (Å²) in [7, 11) is 3.37. The third-order valence-electron chi connectivity index (χ3n) is 2.77. The molecule has 1 aromatic carbocycles. The number of hydrogen-bond donors (Lipinski definition) is 0. The largest absolute Gasteiger partial charge is 0.495 e. The van der Waals surface area contributed by atoms with Crippen molar-refractivity contribution in [3.63, 3.8) is 0 Å². The quantitative estimate of drug-likeness (QED) is 0.805. The van der Waals surface area contributed by atoms with Crippen LogP contribution in [0.15, 0.2) is 24.3 Å². The predicted molar refractivity (Wildman–Crippen MR) is 69.7 cm³/mol. The lowest BCUT2D eigenvalue weighted by Crippen LogP contribution is -2.41. The zero-order chi connectivity index (χ0) is 12.8. The van der Waals surface area contributed by atoms with Crippen molar-refractivity contribution >= 4 is 11.7 Å². The first-order valence-corrected chi connectivity index (χ1v) is 5.81. The molecule has 0 bridgehead atoms. The topological polar surface area (TPSA) is 32.8 Å². The van der Waals surface area contributed by atoms with Crippen LogP contribution < -0.4 is 9.64 Å². The lowest BCUT2D eigenvalue weighted by atomic mass is 10.2. The number of carbonyl (C=O) groups excluding carboxylic acids is 1. The average Bonchev–Trinajstić information content (AvgIpc) is 2.39. The molecule has 0 spiro atoms. The van der Waals surface area contributed by atoms with Gasteiger partial charge in [-0.1, -0.05) is 12.1 Å². The highest BCUT2D eigenvalue weighted by atomic mass is 16.5. The molecule has 0 aliphatic heterocycles. The van der Waals surface area contributed by atoms with Gasteiger partial charge in [0, 0.05) is 20.1 Å². The van der Waals surface area contributed by atoms with Gasteiger partial charge in [-0.25, -0.2) is 4.79 Å². The molecule has 1 aromatic rings. The summed E-state index contributed by atoms with van der Waals surface area (Å²) in [6, 6.07) is 7.49. The van der Waals surface area contributed by atoms with E-state index in [2.05, 4.69) is 0 Å². The second kappa shape index (κ2) is 6.13. The number of para-hydroxylation sites is 2. The van der Waals surface area contributed by atoms with Gasteiger partial charge in [0.25, 0.3) is 0 Å². The molecule has 0 atom stereocenters. The second-order valence-electron chi connectivity index (χ2n) is 3.69. The minimum atomic E-state index is -0.0144. The minimum Gasteiger partial charge on any atom is -0.495 e. The number of carbonyl (C=O) groups is 1. The molecule has 0 heterocycles. The van der Waals surface area contributed by atoms with Crippen LogP contribution in [0.2, 0.25) is 0 Å². The van der Waals surface area contributed by atoms with E-state index in [0.717, 1.165) is 5.69 Å². The van der Waals surface area contributed by atoms with Crippen molar-refractivity contribution < 1.29 is 9.53 Å². The first kappa shape index (κ1) is 13.4. The summed E-state index contributed by atoms with van der Waals surface area (Å²) in [5, 5.41) is 0. The molecule has 4 heteroatoms. The van der Waals surface area contributed by atoms with Crippen molar-refractivity contribution in [2.45, 2.75) is 13.8 Å². The molecule has 0 aliphatic carbocycles. The monoisotopic (exact) mass is 236 g/mol. The Morgan fingerprint density at radius 3 is 2.35 bits per heavy atom. The van der Waals surface area contributed by atoms with Crippen LogP contribution in [0.5, 0.6) is 5.75 Å². The number of nitrogens with zero attached hydrogens (tertiary/aromatic N) is 2. The van der Waals surface area contributed by atoms with Crippen molar-refractivity contribution in [2.24, 2.45) is 0 Å². The molecule has 0 aromatic heterocycles. The molecular weight excluding hydrogens is 216 g/mol. The number of rotatable bonds is 4. The Balaban J connectivity index is 2.95. The van der Waals surface area contributed by atoms with Crippen molar-refractivity contribution in [1.82, 2.24) is 4.90 Å². The third kappa shape index (κ3) is 2.90. The molecule has 2 amide bonds. The van der Waals surface area contributed by atoms with Crippen LogP contribution in [-0.2, 0) is 0 Å². The Labute approximate surface area is 103 Å². The fourth-order valence-corrected chi connectivity index (χ4v) is 1.72. The van der Waals surface area contributed by atoms with Crippen LogP contribution in [0.3, 0.4) is 0 Å². The Kier molecular flexibility index (Phi) is 4.82. The van der Waals surface area contributed by atoms with Crippen LogP contribution in [0, 0.1) is 0 Å².